The molecule has 1 N–H and O–H groups in total. The molecule has 0 aliphatic heterocycles. The SMILES string of the molecule is O=C(NCCSc1cc[c]c(Cl)c1)C(F)(F)F. The number of thioether (sulfide) groups is 1. The van der Waals surface area contributed by atoms with Gasteiger partial charge in [0, 0.05) is 28.3 Å². The number of alkyl halides is 3. The molecule has 0 saturated heterocycles. The summed E-state index contributed by atoms with van der Waals surface area (Å²) >= 11 is 6.98. The number of halogens is 4. The van der Waals surface area contributed by atoms with Gasteiger partial charge >= 0.3 is 12.1 Å². The molecule has 0 heterocycles. The highest BCUT2D eigenvalue weighted by molar-refractivity contribution is 7.99. The molecule has 0 bridgehead atoms. The lowest BCUT2D eigenvalue weighted by molar-refractivity contribution is -0.173. The van der Waals surface area contributed by atoms with Gasteiger partial charge in [0.05, 0.1) is 0 Å². The topological polar surface area (TPSA) is 29.1 Å². The van der Waals surface area contributed by atoms with Gasteiger partial charge in [-0.3, -0.25) is 4.79 Å². The molecule has 0 saturated carbocycles. The molecule has 1 aromatic rings. The van der Waals surface area contributed by atoms with Crippen LogP contribution in [0.25, 0.3) is 0 Å². The van der Waals surface area contributed by atoms with Gasteiger partial charge in [0.2, 0.25) is 0 Å². The molecule has 0 fully saturated rings. The van der Waals surface area contributed by atoms with Crippen molar-refractivity contribution in [3.05, 3.63) is 29.3 Å². The number of nitrogens with one attached hydrogen (secondary N) is 1. The zero-order valence-electron chi connectivity index (χ0n) is 8.47. The maximum Gasteiger partial charge on any atom is 0.471 e. The van der Waals surface area contributed by atoms with E-state index in [4.69, 9.17) is 11.6 Å². The van der Waals surface area contributed by atoms with Gasteiger partial charge in [0.15, 0.2) is 0 Å². The van der Waals surface area contributed by atoms with Crippen LogP contribution in [-0.2, 0) is 4.79 Å². The summed E-state index contributed by atoms with van der Waals surface area (Å²) in [7, 11) is 0. The highest BCUT2D eigenvalue weighted by Crippen LogP contribution is 2.20. The van der Waals surface area contributed by atoms with Gasteiger partial charge in [-0.2, -0.15) is 13.2 Å². The molecule has 1 amide bonds. The first-order valence-corrected chi connectivity index (χ1v) is 5.91. The van der Waals surface area contributed by atoms with Crippen molar-refractivity contribution in [1.29, 1.82) is 0 Å². The monoisotopic (exact) mass is 282 g/mol. The molecule has 0 atom stereocenters. The lowest BCUT2D eigenvalue weighted by Gasteiger charge is -2.07. The van der Waals surface area contributed by atoms with Crippen molar-refractivity contribution in [3.63, 3.8) is 0 Å². The van der Waals surface area contributed by atoms with Gasteiger partial charge in [-0.15, -0.1) is 11.8 Å². The number of amides is 1. The Kier molecular flexibility index (Phi) is 5.14. The molecule has 1 radical (unpaired) electrons. The first-order valence-electron chi connectivity index (χ1n) is 4.54. The second-order valence-electron chi connectivity index (χ2n) is 2.97. The Morgan fingerprint density at radius 3 is 2.82 bits per heavy atom. The first-order chi connectivity index (χ1) is 7.89. The van der Waals surface area contributed by atoms with E-state index in [-0.39, 0.29) is 6.54 Å². The van der Waals surface area contributed by atoms with E-state index in [0.717, 1.165) is 4.90 Å². The van der Waals surface area contributed by atoms with E-state index in [9.17, 15) is 18.0 Å². The standard InChI is InChI=1S/C10H8ClF3NOS/c11-7-2-1-3-8(6-7)17-5-4-15-9(16)10(12,13)14/h1,3,6H,4-5H2,(H,15,16). The van der Waals surface area contributed by atoms with Crippen LogP contribution in [0.2, 0.25) is 5.02 Å². The largest absolute Gasteiger partial charge is 0.471 e. The Hall–Kier alpha value is -0.880. The number of carbonyl (C=O) groups excluding carboxylic acids is 1. The molecule has 17 heavy (non-hydrogen) atoms. The van der Waals surface area contributed by atoms with E-state index in [1.807, 2.05) is 0 Å². The molecule has 0 aromatic heterocycles. The maximum absolute atomic E-state index is 11.8. The Labute approximate surface area is 106 Å². The summed E-state index contributed by atoms with van der Waals surface area (Å²) in [5.41, 5.74) is 0. The van der Waals surface area contributed by atoms with Crippen LogP contribution in [0, 0.1) is 6.07 Å². The van der Waals surface area contributed by atoms with Crippen LogP contribution in [0.1, 0.15) is 0 Å². The third-order valence-electron chi connectivity index (χ3n) is 1.65. The van der Waals surface area contributed by atoms with Gasteiger partial charge in [-0.25, -0.2) is 0 Å². The van der Waals surface area contributed by atoms with Crippen molar-refractivity contribution in [2.75, 3.05) is 12.3 Å². The maximum atomic E-state index is 11.8. The Balaban J connectivity index is 2.28. The van der Waals surface area contributed by atoms with Crippen molar-refractivity contribution in [3.8, 4) is 0 Å². The average molecular weight is 283 g/mol. The molecule has 0 aliphatic rings. The molecule has 0 unspecified atom stereocenters. The number of hydrogen-bond acceptors (Lipinski definition) is 2. The van der Waals surface area contributed by atoms with Crippen molar-refractivity contribution in [2.45, 2.75) is 11.1 Å². The van der Waals surface area contributed by atoms with Crippen LogP contribution < -0.4 is 5.32 Å². The fraction of sp³-hybridized carbons (Fsp3) is 0.300. The van der Waals surface area contributed by atoms with Crippen LogP contribution in [0.3, 0.4) is 0 Å². The summed E-state index contributed by atoms with van der Waals surface area (Å²) in [5, 5.41) is 2.22. The van der Waals surface area contributed by atoms with E-state index >= 15 is 0 Å². The molecule has 93 valence electrons. The van der Waals surface area contributed by atoms with E-state index < -0.39 is 12.1 Å². The molecule has 7 heteroatoms. The summed E-state index contributed by atoms with van der Waals surface area (Å²) in [6.45, 7) is -0.0563. The second-order valence-corrected chi connectivity index (χ2v) is 4.55. The van der Waals surface area contributed by atoms with Crippen LogP contribution in [-0.4, -0.2) is 24.4 Å². The summed E-state index contributed by atoms with van der Waals surface area (Å²) in [6, 6.07) is 7.75. The van der Waals surface area contributed by atoms with E-state index in [0.29, 0.717) is 10.8 Å². The van der Waals surface area contributed by atoms with Gasteiger partial charge in [-0.05, 0) is 12.1 Å². The highest BCUT2D eigenvalue weighted by Gasteiger charge is 2.38. The fourth-order valence-electron chi connectivity index (χ4n) is 0.942. The third-order valence-corrected chi connectivity index (χ3v) is 2.87. The average Bonchev–Trinajstić information content (AvgIpc) is 2.23. The van der Waals surface area contributed by atoms with Crippen LogP contribution in [0.15, 0.2) is 23.1 Å². The molecule has 2 nitrogen and oxygen atoms in total. The fourth-order valence-corrected chi connectivity index (χ4v) is 1.99. The Bertz CT molecular complexity index is 397. The van der Waals surface area contributed by atoms with Gasteiger partial charge in [-0.1, -0.05) is 17.7 Å². The number of hydrogen-bond donors (Lipinski definition) is 1. The molecule has 0 spiro atoms. The minimum Gasteiger partial charge on any atom is -0.347 e. The van der Waals surface area contributed by atoms with Gasteiger partial charge in [0.25, 0.3) is 0 Å². The summed E-state index contributed by atoms with van der Waals surface area (Å²) in [4.78, 5) is 11.3. The highest BCUT2D eigenvalue weighted by atomic mass is 35.5. The van der Waals surface area contributed by atoms with Crippen molar-refractivity contribution < 1.29 is 18.0 Å². The summed E-state index contributed by atoms with van der Waals surface area (Å²) < 4.78 is 35.4. The molecular weight excluding hydrogens is 275 g/mol. The number of benzene rings is 1. The lowest BCUT2D eigenvalue weighted by atomic mass is 10.4. The van der Waals surface area contributed by atoms with Gasteiger partial charge in [0.1, 0.15) is 0 Å². The van der Waals surface area contributed by atoms with Crippen LogP contribution >= 0.6 is 23.4 Å². The number of carbonyl (C=O) groups is 1. The number of rotatable bonds is 4. The third kappa shape index (κ3) is 5.32. The normalized spacial score (nSPS) is 11.3. The minimum absolute atomic E-state index is 0.0563. The zero-order chi connectivity index (χ0) is 12.9. The minimum atomic E-state index is -4.82. The van der Waals surface area contributed by atoms with E-state index in [1.165, 1.54) is 11.8 Å². The molecular formula is C10H8ClF3NOS. The predicted octanol–water partition coefficient (Wildman–Crippen LogP) is 2.91. The lowest BCUT2D eigenvalue weighted by Crippen LogP contribution is -2.37. The Morgan fingerprint density at radius 2 is 2.24 bits per heavy atom. The first kappa shape index (κ1) is 14.2. The van der Waals surface area contributed by atoms with Crippen molar-refractivity contribution >= 4 is 29.3 Å². The molecule has 1 rings (SSSR count). The van der Waals surface area contributed by atoms with Crippen LogP contribution in [0.4, 0.5) is 13.2 Å². The van der Waals surface area contributed by atoms with Gasteiger partial charge < -0.3 is 5.32 Å². The smallest absolute Gasteiger partial charge is 0.347 e. The zero-order valence-corrected chi connectivity index (χ0v) is 10.0. The van der Waals surface area contributed by atoms with Crippen molar-refractivity contribution in [1.82, 2.24) is 5.32 Å². The van der Waals surface area contributed by atoms with Crippen molar-refractivity contribution in [2.24, 2.45) is 0 Å². The van der Waals surface area contributed by atoms with E-state index in [2.05, 4.69) is 6.07 Å². The Morgan fingerprint density at radius 1 is 1.53 bits per heavy atom. The summed E-state index contributed by atoms with van der Waals surface area (Å²) in [6.07, 6.45) is -4.82. The molecule has 0 aliphatic carbocycles. The summed E-state index contributed by atoms with van der Waals surface area (Å²) in [5.74, 6) is -1.58. The quantitative estimate of drug-likeness (QED) is 0.680. The molecule has 1 aromatic carbocycles. The van der Waals surface area contributed by atoms with E-state index in [1.54, 1.807) is 23.5 Å². The second kappa shape index (κ2) is 6.16. The predicted molar refractivity (Wildman–Crippen MR) is 60.1 cm³/mol. The van der Waals surface area contributed by atoms with Crippen LogP contribution in [0.5, 0.6) is 0 Å².